The van der Waals surface area contributed by atoms with Crippen LogP contribution in [0.15, 0.2) is 16.6 Å². The summed E-state index contributed by atoms with van der Waals surface area (Å²) in [7, 11) is 0. The number of benzene rings is 1. The van der Waals surface area contributed by atoms with E-state index in [0.717, 1.165) is 11.0 Å². The Morgan fingerprint density at radius 1 is 1.19 bits per heavy atom. The molecule has 0 aliphatic carbocycles. The highest BCUT2D eigenvalue weighted by atomic mass is 79.9. The lowest BCUT2D eigenvalue weighted by molar-refractivity contribution is -0.121. The molecule has 1 aliphatic heterocycles. The van der Waals surface area contributed by atoms with Crippen LogP contribution in [0.3, 0.4) is 0 Å². The second kappa shape index (κ2) is 3.93. The molecule has 16 heavy (non-hydrogen) atoms. The van der Waals surface area contributed by atoms with Crippen LogP contribution in [0.4, 0.5) is 14.5 Å². The van der Waals surface area contributed by atoms with Gasteiger partial charge in [-0.3, -0.25) is 9.59 Å². The van der Waals surface area contributed by atoms with E-state index in [-0.39, 0.29) is 28.9 Å². The monoisotopic (exact) mass is 289 g/mol. The maximum absolute atomic E-state index is 13.4. The Kier molecular flexibility index (Phi) is 2.75. The summed E-state index contributed by atoms with van der Waals surface area (Å²) in [6, 6.07) is 1.83. The Labute approximate surface area is 98.2 Å². The number of Topliss-reactive ketones (excluding diaryl/α,β-unsaturated/α-hetero) is 1. The molecule has 3 nitrogen and oxygen atoms in total. The minimum absolute atomic E-state index is 0.0519. The van der Waals surface area contributed by atoms with E-state index in [0.29, 0.717) is 6.07 Å². The first-order chi connectivity index (χ1) is 7.49. The third-order valence-corrected chi connectivity index (χ3v) is 2.87. The van der Waals surface area contributed by atoms with Crippen LogP contribution in [0.25, 0.3) is 0 Å². The van der Waals surface area contributed by atoms with E-state index in [4.69, 9.17) is 0 Å². The van der Waals surface area contributed by atoms with E-state index in [1.165, 1.54) is 0 Å². The van der Waals surface area contributed by atoms with Gasteiger partial charge in [0.25, 0.3) is 0 Å². The first-order valence-corrected chi connectivity index (χ1v) is 5.25. The molecule has 0 bridgehead atoms. The van der Waals surface area contributed by atoms with Gasteiger partial charge in [-0.2, -0.15) is 0 Å². The molecule has 1 heterocycles. The number of nitrogens with zero attached hydrogens (tertiary/aromatic N) is 1. The number of halogens is 3. The lowest BCUT2D eigenvalue weighted by atomic mass is 10.2. The van der Waals surface area contributed by atoms with Crippen LogP contribution in [0.5, 0.6) is 0 Å². The smallest absolute Gasteiger partial charge is 0.235 e. The largest absolute Gasteiger partial charge is 0.302 e. The highest BCUT2D eigenvalue weighted by Crippen LogP contribution is 2.28. The van der Waals surface area contributed by atoms with Crippen molar-refractivity contribution < 1.29 is 18.4 Å². The lowest BCUT2D eigenvalue weighted by Crippen LogP contribution is -2.25. The van der Waals surface area contributed by atoms with Gasteiger partial charge in [0.1, 0.15) is 11.6 Å². The Balaban J connectivity index is 2.45. The first kappa shape index (κ1) is 11.2. The summed E-state index contributed by atoms with van der Waals surface area (Å²) in [5, 5.41) is 0. The highest BCUT2D eigenvalue weighted by molar-refractivity contribution is 9.10. The molecule has 1 aromatic carbocycles. The second-order valence-electron chi connectivity index (χ2n) is 3.41. The quantitative estimate of drug-likeness (QED) is 0.586. The molecule has 1 saturated heterocycles. The Morgan fingerprint density at radius 3 is 2.44 bits per heavy atom. The zero-order valence-corrected chi connectivity index (χ0v) is 9.55. The molecule has 0 aromatic heterocycles. The molecule has 0 spiro atoms. The average molecular weight is 290 g/mol. The molecule has 0 saturated carbocycles. The van der Waals surface area contributed by atoms with Gasteiger partial charge in [-0.1, -0.05) is 0 Å². The predicted octanol–water partition coefficient (Wildman–Crippen LogP) is 2.03. The molecule has 0 atom stereocenters. The molecule has 1 amide bonds. The van der Waals surface area contributed by atoms with Crippen LogP contribution in [-0.2, 0) is 9.59 Å². The van der Waals surface area contributed by atoms with Gasteiger partial charge in [0, 0.05) is 6.07 Å². The van der Waals surface area contributed by atoms with Gasteiger partial charge in [0.15, 0.2) is 5.78 Å². The fraction of sp³-hybridized carbons (Fsp3) is 0.200. The van der Waals surface area contributed by atoms with Gasteiger partial charge in [0.2, 0.25) is 5.91 Å². The van der Waals surface area contributed by atoms with E-state index < -0.39 is 17.5 Å². The standard InChI is InChI=1S/C10H6BrF2NO2/c11-6-2-9(8(13)3-7(6)12)14-4-5(15)1-10(14)16/h2-3H,1,4H2. The molecule has 1 fully saturated rings. The van der Waals surface area contributed by atoms with Crippen molar-refractivity contribution in [2.75, 3.05) is 11.4 Å². The molecule has 0 radical (unpaired) electrons. The third kappa shape index (κ3) is 1.84. The minimum Gasteiger partial charge on any atom is -0.302 e. The molecule has 6 heteroatoms. The van der Waals surface area contributed by atoms with Crippen molar-refractivity contribution in [3.63, 3.8) is 0 Å². The zero-order chi connectivity index (χ0) is 11.9. The van der Waals surface area contributed by atoms with Gasteiger partial charge in [-0.15, -0.1) is 0 Å². The van der Waals surface area contributed by atoms with Gasteiger partial charge in [0.05, 0.1) is 23.1 Å². The minimum atomic E-state index is -0.858. The van der Waals surface area contributed by atoms with Gasteiger partial charge < -0.3 is 4.90 Å². The third-order valence-electron chi connectivity index (χ3n) is 2.26. The van der Waals surface area contributed by atoms with Crippen LogP contribution in [-0.4, -0.2) is 18.2 Å². The van der Waals surface area contributed by atoms with Crippen LogP contribution >= 0.6 is 15.9 Å². The van der Waals surface area contributed by atoms with Crippen molar-refractivity contribution >= 4 is 33.3 Å². The number of rotatable bonds is 1. The van der Waals surface area contributed by atoms with Crippen molar-refractivity contribution in [3.8, 4) is 0 Å². The second-order valence-corrected chi connectivity index (χ2v) is 4.27. The van der Waals surface area contributed by atoms with Crippen molar-refractivity contribution in [2.45, 2.75) is 6.42 Å². The molecule has 2 rings (SSSR count). The van der Waals surface area contributed by atoms with Crippen LogP contribution in [0.2, 0.25) is 0 Å². The van der Waals surface area contributed by atoms with Crippen LogP contribution in [0.1, 0.15) is 6.42 Å². The summed E-state index contributed by atoms with van der Waals surface area (Å²) in [6.07, 6.45) is -0.228. The Morgan fingerprint density at radius 2 is 1.88 bits per heavy atom. The number of carbonyl (C=O) groups is 2. The van der Waals surface area contributed by atoms with E-state index >= 15 is 0 Å². The topological polar surface area (TPSA) is 37.4 Å². The van der Waals surface area contributed by atoms with E-state index in [2.05, 4.69) is 15.9 Å². The Bertz CT molecular complexity index is 490. The molecular weight excluding hydrogens is 284 g/mol. The summed E-state index contributed by atoms with van der Waals surface area (Å²) in [4.78, 5) is 23.4. The number of hydrogen-bond donors (Lipinski definition) is 0. The van der Waals surface area contributed by atoms with Crippen LogP contribution < -0.4 is 4.90 Å². The molecule has 1 aliphatic rings. The highest BCUT2D eigenvalue weighted by Gasteiger charge is 2.30. The number of ketones is 1. The van der Waals surface area contributed by atoms with Crippen molar-refractivity contribution in [3.05, 3.63) is 28.2 Å². The molecule has 0 N–H and O–H groups in total. The summed E-state index contributed by atoms with van der Waals surface area (Å²) in [5.41, 5.74) is -0.0795. The number of carbonyl (C=O) groups excluding carboxylic acids is 2. The van der Waals surface area contributed by atoms with Crippen molar-refractivity contribution in [1.82, 2.24) is 0 Å². The maximum atomic E-state index is 13.4. The van der Waals surface area contributed by atoms with Gasteiger partial charge >= 0.3 is 0 Å². The zero-order valence-electron chi connectivity index (χ0n) is 7.97. The first-order valence-electron chi connectivity index (χ1n) is 4.45. The SMILES string of the molecule is O=C1CC(=O)N(c2cc(Br)c(F)cc2F)C1. The van der Waals surface area contributed by atoms with E-state index in [1.807, 2.05) is 0 Å². The number of amides is 1. The summed E-state index contributed by atoms with van der Waals surface area (Å²) < 4.78 is 26.4. The summed E-state index contributed by atoms with van der Waals surface area (Å²) >= 11 is 2.90. The van der Waals surface area contributed by atoms with E-state index in [9.17, 15) is 18.4 Å². The molecular formula is C10H6BrF2NO2. The fourth-order valence-electron chi connectivity index (χ4n) is 1.52. The molecule has 1 aromatic rings. The maximum Gasteiger partial charge on any atom is 0.235 e. The lowest BCUT2D eigenvalue weighted by Gasteiger charge is -2.15. The van der Waals surface area contributed by atoms with Crippen molar-refractivity contribution in [2.24, 2.45) is 0 Å². The average Bonchev–Trinajstić information content (AvgIpc) is 2.51. The molecule has 84 valence electrons. The predicted molar refractivity (Wildman–Crippen MR) is 56.0 cm³/mol. The van der Waals surface area contributed by atoms with Gasteiger partial charge in [-0.25, -0.2) is 8.78 Å². The normalized spacial score (nSPS) is 16.1. The summed E-state index contributed by atoms with van der Waals surface area (Å²) in [6.45, 7) is -0.159. The van der Waals surface area contributed by atoms with Gasteiger partial charge in [-0.05, 0) is 22.0 Å². The van der Waals surface area contributed by atoms with E-state index in [1.54, 1.807) is 0 Å². The molecule has 0 unspecified atom stereocenters. The fourth-order valence-corrected chi connectivity index (χ4v) is 1.85. The summed E-state index contributed by atoms with van der Waals surface area (Å²) in [5.74, 6) is -2.35. The van der Waals surface area contributed by atoms with Crippen LogP contribution in [0, 0.1) is 11.6 Å². The van der Waals surface area contributed by atoms with Crippen molar-refractivity contribution in [1.29, 1.82) is 0 Å². The number of hydrogen-bond acceptors (Lipinski definition) is 2. The Hall–Kier alpha value is -1.30. The number of anilines is 1.